The number of rotatable bonds is 5. The van der Waals surface area contributed by atoms with Gasteiger partial charge in [0.2, 0.25) is 0 Å². The number of hydrogen-bond acceptors (Lipinski definition) is 3. The Morgan fingerprint density at radius 3 is 2.39 bits per heavy atom. The predicted molar refractivity (Wildman–Crippen MR) is 64.8 cm³/mol. The molecule has 1 aromatic rings. The molecule has 1 aromatic carbocycles. The molecule has 4 nitrogen and oxygen atoms in total. The molecule has 5 heteroatoms. The van der Waals surface area contributed by atoms with E-state index < -0.39 is 17.2 Å². The SMILES string of the molecule is COc1cc(C(C)(C)CC(=O)O)cc(F)c1OC. The van der Waals surface area contributed by atoms with E-state index >= 15 is 0 Å². The molecule has 0 amide bonds. The van der Waals surface area contributed by atoms with E-state index in [1.165, 1.54) is 20.3 Å². The highest BCUT2D eigenvalue weighted by Gasteiger charge is 2.27. The summed E-state index contributed by atoms with van der Waals surface area (Å²) in [5, 5.41) is 8.86. The highest BCUT2D eigenvalue weighted by atomic mass is 19.1. The molecule has 0 bridgehead atoms. The standard InChI is InChI=1S/C13H17FO4/c1-13(2,7-11(15)16)8-5-9(14)12(18-4)10(6-8)17-3/h5-6H,7H2,1-4H3,(H,15,16). The summed E-state index contributed by atoms with van der Waals surface area (Å²) in [7, 11) is 2.76. The number of benzene rings is 1. The van der Waals surface area contributed by atoms with Crippen LogP contribution in [0.4, 0.5) is 4.39 Å². The van der Waals surface area contributed by atoms with E-state index in [0.29, 0.717) is 5.56 Å². The quantitative estimate of drug-likeness (QED) is 0.879. The molecule has 100 valence electrons. The van der Waals surface area contributed by atoms with Crippen molar-refractivity contribution in [3.05, 3.63) is 23.5 Å². The van der Waals surface area contributed by atoms with Crippen LogP contribution in [0.1, 0.15) is 25.8 Å². The monoisotopic (exact) mass is 256 g/mol. The summed E-state index contributed by atoms with van der Waals surface area (Å²) >= 11 is 0. The lowest BCUT2D eigenvalue weighted by Gasteiger charge is -2.24. The first-order valence-corrected chi connectivity index (χ1v) is 5.45. The Labute approximate surface area is 105 Å². The number of carboxylic acids is 1. The summed E-state index contributed by atoms with van der Waals surface area (Å²) in [5.74, 6) is -1.22. The summed E-state index contributed by atoms with van der Waals surface area (Å²) < 4.78 is 23.8. The molecule has 0 unspecified atom stereocenters. The molecule has 0 spiro atoms. The van der Waals surface area contributed by atoms with Gasteiger partial charge in [-0.15, -0.1) is 0 Å². The van der Waals surface area contributed by atoms with Crippen LogP contribution >= 0.6 is 0 Å². The second-order valence-corrected chi connectivity index (χ2v) is 4.65. The predicted octanol–water partition coefficient (Wildman–Crippen LogP) is 2.60. The van der Waals surface area contributed by atoms with Crippen LogP contribution in [0.15, 0.2) is 12.1 Å². The van der Waals surface area contributed by atoms with Gasteiger partial charge in [-0.05, 0) is 17.7 Å². The first-order chi connectivity index (χ1) is 8.31. The molecule has 0 atom stereocenters. The third kappa shape index (κ3) is 2.91. The Morgan fingerprint density at radius 1 is 1.33 bits per heavy atom. The van der Waals surface area contributed by atoms with Crippen molar-refractivity contribution >= 4 is 5.97 Å². The van der Waals surface area contributed by atoms with Gasteiger partial charge in [0.1, 0.15) is 0 Å². The Bertz CT molecular complexity index is 455. The molecular formula is C13H17FO4. The zero-order chi connectivity index (χ0) is 13.9. The van der Waals surface area contributed by atoms with Crippen molar-refractivity contribution in [2.45, 2.75) is 25.7 Å². The van der Waals surface area contributed by atoms with E-state index in [0.717, 1.165) is 0 Å². The van der Waals surface area contributed by atoms with Crippen LogP contribution in [0, 0.1) is 5.82 Å². The first kappa shape index (κ1) is 14.3. The Hall–Kier alpha value is -1.78. The third-order valence-corrected chi connectivity index (χ3v) is 2.81. The van der Waals surface area contributed by atoms with Gasteiger partial charge in [-0.25, -0.2) is 4.39 Å². The molecule has 0 aliphatic carbocycles. The number of halogens is 1. The summed E-state index contributed by atoms with van der Waals surface area (Å²) in [4.78, 5) is 10.8. The zero-order valence-electron chi connectivity index (χ0n) is 10.9. The maximum Gasteiger partial charge on any atom is 0.304 e. The second-order valence-electron chi connectivity index (χ2n) is 4.65. The number of carboxylic acid groups (broad SMARTS) is 1. The van der Waals surface area contributed by atoms with E-state index in [2.05, 4.69) is 0 Å². The highest BCUT2D eigenvalue weighted by Crippen LogP contribution is 2.37. The molecular weight excluding hydrogens is 239 g/mol. The van der Waals surface area contributed by atoms with E-state index in [9.17, 15) is 9.18 Å². The van der Waals surface area contributed by atoms with E-state index in [-0.39, 0.29) is 17.9 Å². The minimum atomic E-state index is -0.935. The average molecular weight is 256 g/mol. The van der Waals surface area contributed by atoms with Gasteiger partial charge < -0.3 is 14.6 Å². The summed E-state index contributed by atoms with van der Waals surface area (Å²) in [6.07, 6.45) is -0.0953. The fraction of sp³-hybridized carbons (Fsp3) is 0.462. The Kier molecular flexibility index (Phi) is 4.16. The van der Waals surface area contributed by atoms with Crippen molar-refractivity contribution in [3.8, 4) is 11.5 Å². The van der Waals surface area contributed by atoms with Crippen molar-refractivity contribution in [2.75, 3.05) is 14.2 Å². The molecule has 1 rings (SSSR count). The van der Waals surface area contributed by atoms with Gasteiger partial charge in [-0.3, -0.25) is 4.79 Å². The molecule has 0 heterocycles. The smallest absolute Gasteiger partial charge is 0.304 e. The van der Waals surface area contributed by atoms with Crippen LogP contribution in [-0.4, -0.2) is 25.3 Å². The van der Waals surface area contributed by atoms with Crippen LogP contribution in [0.2, 0.25) is 0 Å². The molecule has 0 saturated carbocycles. The fourth-order valence-corrected chi connectivity index (χ4v) is 1.79. The summed E-state index contributed by atoms with van der Waals surface area (Å²) in [6.45, 7) is 3.48. The minimum Gasteiger partial charge on any atom is -0.493 e. The van der Waals surface area contributed by atoms with E-state index in [1.807, 2.05) is 0 Å². The average Bonchev–Trinajstić information content (AvgIpc) is 2.26. The van der Waals surface area contributed by atoms with Gasteiger partial charge in [0.25, 0.3) is 0 Å². The van der Waals surface area contributed by atoms with Crippen molar-refractivity contribution in [3.63, 3.8) is 0 Å². The van der Waals surface area contributed by atoms with Crippen LogP contribution < -0.4 is 9.47 Å². The number of hydrogen-bond donors (Lipinski definition) is 1. The number of aliphatic carboxylic acids is 1. The van der Waals surface area contributed by atoms with Crippen LogP contribution in [0.5, 0.6) is 11.5 Å². The molecule has 0 aliphatic rings. The molecule has 0 aromatic heterocycles. The summed E-state index contributed by atoms with van der Waals surface area (Å²) in [5.41, 5.74) is -0.133. The van der Waals surface area contributed by atoms with Crippen molar-refractivity contribution < 1.29 is 23.8 Å². The highest BCUT2D eigenvalue weighted by molar-refractivity contribution is 5.69. The molecule has 0 radical (unpaired) electrons. The largest absolute Gasteiger partial charge is 0.493 e. The molecule has 18 heavy (non-hydrogen) atoms. The lowest BCUT2D eigenvalue weighted by molar-refractivity contribution is -0.138. The van der Waals surface area contributed by atoms with E-state index in [4.69, 9.17) is 14.6 Å². The topological polar surface area (TPSA) is 55.8 Å². The van der Waals surface area contributed by atoms with Crippen molar-refractivity contribution in [1.82, 2.24) is 0 Å². The molecule has 0 aliphatic heterocycles. The number of carbonyl (C=O) groups is 1. The lowest BCUT2D eigenvalue weighted by atomic mass is 9.81. The Balaban J connectivity index is 3.26. The van der Waals surface area contributed by atoms with Crippen LogP contribution in [0.3, 0.4) is 0 Å². The summed E-state index contributed by atoms with van der Waals surface area (Å²) in [6, 6.07) is 2.88. The third-order valence-electron chi connectivity index (χ3n) is 2.81. The normalized spacial score (nSPS) is 11.2. The van der Waals surface area contributed by atoms with Gasteiger partial charge in [0.05, 0.1) is 20.6 Å². The van der Waals surface area contributed by atoms with Gasteiger partial charge in [0, 0.05) is 5.41 Å². The molecule has 1 N–H and O–H groups in total. The second kappa shape index (κ2) is 5.25. The maximum absolute atomic E-state index is 13.8. The van der Waals surface area contributed by atoms with Crippen LogP contribution in [-0.2, 0) is 10.2 Å². The van der Waals surface area contributed by atoms with Gasteiger partial charge in [-0.2, -0.15) is 0 Å². The zero-order valence-corrected chi connectivity index (χ0v) is 10.9. The van der Waals surface area contributed by atoms with Gasteiger partial charge >= 0.3 is 5.97 Å². The van der Waals surface area contributed by atoms with E-state index in [1.54, 1.807) is 19.9 Å². The van der Waals surface area contributed by atoms with Crippen molar-refractivity contribution in [2.24, 2.45) is 0 Å². The van der Waals surface area contributed by atoms with Gasteiger partial charge in [0.15, 0.2) is 17.3 Å². The lowest BCUT2D eigenvalue weighted by Crippen LogP contribution is -2.22. The first-order valence-electron chi connectivity index (χ1n) is 5.45. The van der Waals surface area contributed by atoms with Crippen molar-refractivity contribution in [1.29, 1.82) is 0 Å². The molecule has 0 fully saturated rings. The fourth-order valence-electron chi connectivity index (χ4n) is 1.79. The number of methoxy groups -OCH3 is 2. The molecule has 0 saturated heterocycles. The van der Waals surface area contributed by atoms with Gasteiger partial charge in [-0.1, -0.05) is 13.8 Å². The number of ether oxygens (including phenoxy) is 2. The van der Waals surface area contributed by atoms with Crippen LogP contribution in [0.25, 0.3) is 0 Å². The maximum atomic E-state index is 13.8. The minimum absolute atomic E-state index is 0.0207. The Morgan fingerprint density at radius 2 is 1.94 bits per heavy atom.